The highest BCUT2D eigenvalue weighted by atomic mass is 19.4. The molecule has 0 heterocycles. The zero-order chi connectivity index (χ0) is 24.0. The Morgan fingerprint density at radius 3 is 2.36 bits per heavy atom. The van der Waals surface area contributed by atoms with E-state index >= 15 is 0 Å². The van der Waals surface area contributed by atoms with Crippen molar-refractivity contribution in [3.63, 3.8) is 0 Å². The minimum Gasteiger partial charge on any atom is -0.496 e. The van der Waals surface area contributed by atoms with E-state index in [0.717, 1.165) is 23.3 Å². The molecule has 0 atom stereocenters. The van der Waals surface area contributed by atoms with Gasteiger partial charge < -0.3 is 14.7 Å². The molecule has 0 bridgehead atoms. The predicted molar refractivity (Wildman–Crippen MR) is 118 cm³/mol. The number of rotatable bonds is 8. The summed E-state index contributed by atoms with van der Waals surface area (Å²) in [4.78, 5) is 16.3. The molecule has 0 aromatic heterocycles. The van der Waals surface area contributed by atoms with Crippen molar-refractivity contribution in [1.82, 2.24) is 0 Å². The maximum Gasteiger partial charge on any atom is 0.416 e. The number of halogens is 3. The average molecular weight is 457 g/mol. The normalized spacial score (nSPS) is 11.8. The molecule has 5 nitrogen and oxygen atoms in total. The first-order chi connectivity index (χ1) is 15.7. The lowest BCUT2D eigenvalue weighted by atomic mass is 9.98. The second-order valence-electron chi connectivity index (χ2n) is 7.33. The van der Waals surface area contributed by atoms with Gasteiger partial charge in [0.1, 0.15) is 12.4 Å². The number of nitrogens with zero attached hydrogens (tertiary/aromatic N) is 1. The van der Waals surface area contributed by atoms with E-state index in [9.17, 15) is 18.0 Å². The zero-order valence-corrected chi connectivity index (χ0v) is 18.0. The quantitative estimate of drug-likeness (QED) is 0.335. The number of methoxy groups -OCH3 is 1. The van der Waals surface area contributed by atoms with E-state index in [2.05, 4.69) is 5.16 Å². The summed E-state index contributed by atoms with van der Waals surface area (Å²) < 4.78 is 44.0. The van der Waals surface area contributed by atoms with E-state index in [0.29, 0.717) is 28.2 Å². The maximum absolute atomic E-state index is 12.9. The molecule has 0 saturated heterocycles. The fourth-order valence-corrected chi connectivity index (χ4v) is 3.30. The molecule has 8 heteroatoms. The van der Waals surface area contributed by atoms with Gasteiger partial charge in [-0.05, 0) is 53.4 Å². The van der Waals surface area contributed by atoms with E-state index in [1.165, 1.54) is 19.2 Å². The molecule has 0 aliphatic heterocycles. The number of aliphatic carboxylic acids is 1. The number of hydrogen-bond acceptors (Lipinski definition) is 4. The molecule has 3 aromatic carbocycles. The molecule has 3 rings (SSSR count). The number of carbonyl (C=O) groups is 1. The van der Waals surface area contributed by atoms with Crippen molar-refractivity contribution in [3.05, 3.63) is 89.0 Å². The monoisotopic (exact) mass is 457 g/mol. The van der Waals surface area contributed by atoms with Gasteiger partial charge in [-0.2, -0.15) is 13.2 Å². The van der Waals surface area contributed by atoms with Crippen molar-refractivity contribution in [2.75, 3.05) is 7.11 Å². The zero-order valence-electron chi connectivity index (χ0n) is 18.0. The number of ether oxygens (including phenoxy) is 1. The number of oxime groups is 1. The lowest BCUT2D eigenvalue weighted by molar-refractivity contribution is -0.138. The Labute approximate surface area is 189 Å². The van der Waals surface area contributed by atoms with Crippen LogP contribution in [0.5, 0.6) is 5.75 Å². The van der Waals surface area contributed by atoms with Crippen molar-refractivity contribution in [2.45, 2.75) is 26.1 Å². The van der Waals surface area contributed by atoms with Crippen LogP contribution in [0.4, 0.5) is 13.2 Å². The summed E-state index contributed by atoms with van der Waals surface area (Å²) in [6, 6.07) is 17.5. The van der Waals surface area contributed by atoms with Gasteiger partial charge in [-0.3, -0.25) is 4.79 Å². The molecule has 172 valence electrons. The third-order valence-corrected chi connectivity index (χ3v) is 4.89. The minimum atomic E-state index is -4.43. The number of carboxylic acids is 1. The first kappa shape index (κ1) is 23.8. The van der Waals surface area contributed by atoms with Crippen molar-refractivity contribution >= 4 is 11.7 Å². The van der Waals surface area contributed by atoms with Gasteiger partial charge in [-0.1, -0.05) is 47.6 Å². The molecular weight excluding hydrogens is 435 g/mol. The van der Waals surface area contributed by atoms with Crippen molar-refractivity contribution < 1.29 is 32.6 Å². The van der Waals surface area contributed by atoms with Crippen LogP contribution in [0.3, 0.4) is 0 Å². The highest BCUT2D eigenvalue weighted by molar-refractivity contribution is 6.01. The first-order valence-corrected chi connectivity index (χ1v) is 9.99. The van der Waals surface area contributed by atoms with E-state index < -0.39 is 17.7 Å². The van der Waals surface area contributed by atoms with Crippen molar-refractivity contribution in [3.8, 4) is 16.9 Å². The highest BCUT2D eigenvalue weighted by Gasteiger charge is 2.30. The van der Waals surface area contributed by atoms with E-state index in [4.69, 9.17) is 14.7 Å². The van der Waals surface area contributed by atoms with Crippen LogP contribution in [0.1, 0.15) is 29.2 Å². The van der Waals surface area contributed by atoms with Gasteiger partial charge in [-0.25, -0.2) is 0 Å². The van der Waals surface area contributed by atoms with Crippen LogP contribution in [0.2, 0.25) is 0 Å². The standard InChI is InChI=1S/C25H22F3NO4/c1-16(29-33-15-18-6-4-8-21(12-18)25(26,27)28)22-14-20(9-10-23(22)32-2)19-7-3-5-17(11-19)13-24(30)31/h3-12,14H,13,15H2,1-2H3,(H,30,31)/b29-16+. The molecule has 0 fully saturated rings. The molecule has 0 radical (unpaired) electrons. The second kappa shape index (κ2) is 10.2. The van der Waals surface area contributed by atoms with Gasteiger partial charge in [0.25, 0.3) is 0 Å². The Hall–Kier alpha value is -3.81. The van der Waals surface area contributed by atoms with Crippen molar-refractivity contribution in [1.29, 1.82) is 0 Å². The second-order valence-corrected chi connectivity index (χ2v) is 7.33. The van der Waals surface area contributed by atoms with Gasteiger partial charge >= 0.3 is 12.1 Å². The average Bonchev–Trinajstić information content (AvgIpc) is 2.78. The summed E-state index contributed by atoms with van der Waals surface area (Å²) in [6.45, 7) is 1.58. The van der Waals surface area contributed by atoms with Crippen LogP contribution in [0.25, 0.3) is 11.1 Å². The van der Waals surface area contributed by atoms with Crippen LogP contribution >= 0.6 is 0 Å². The topological polar surface area (TPSA) is 68.1 Å². The molecule has 0 saturated carbocycles. The Balaban J connectivity index is 1.82. The van der Waals surface area contributed by atoms with Gasteiger partial charge in [0.15, 0.2) is 0 Å². The van der Waals surface area contributed by atoms with E-state index in [-0.39, 0.29) is 13.0 Å². The SMILES string of the molecule is COc1ccc(-c2cccc(CC(=O)O)c2)cc1/C(C)=N/OCc1cccc(C(F)(F)F)c1. The summed E-state index contributed by atoms with van der Waals surface area (Å²) in [5.74, 6) is -0.368. The van der Waals surface area contributed by atoms with Crippen LogP contribution in [-0.4, -0.2) is 23.9 Å². The van der Waals surface area contributed by atoms with E-state index in [1.54, 1.807) is 31.2 Å². The van der Waals surface area contributed by atoms with Crippen LogP contribution < -0.4 is 4.74 Å². The maximum atomic E-state index is 12.9. The van der Waals surface area contributed by atoms with Crippen LogP contribution in [0.15, 0.2) is 71.9 Å². The molecule has 33 heavy (non-hydrogen) atoms. The Morgan fingerprint density at radius 2 is 1.67 bits per heavy atom. The molecule has 1 N–H and O–H groups in total. The number of alkyl halides is 3. The van der Waals surface area contributed by atoms with Gasteiger partial charge in [-0.15, -0.1) is 0 Å². The fraction of sp³-hybridized carbons (Fsp3) is 0.200. The number of benzene rings is 3. The molecular formula is C25H22F3NO4. The molecule has 3 aromatic rings. The molecule has 0 aliphatic rings. The highest BCUT2D eigenvalue weighted by Crippen LogP contribution is 2.30. The third-order valence-electron chi connectivity index (χ3n) is 4.89. The van der Waals surface area contributed by atoms with Gasteiger partial charge in [0.2, 0.25) is 0 Å². The molecule has 0 unspecified atom stereocenters. The van der Waals surface area contributed by atoms with Gasteiger partial charge in [0.05, 0.1) is 24.8 Å². The van der Waals surface area contributed by atoms with E-state index in [1.807, 2.05) is 18.2 Å². The first-order valence-electron chi connectivity index (χ1n) is 9.99. The molecule has 0 amide bonds. The van der Waals surface area contributed by atoms with Crippen LogP contribution in [0, 0.1) is 0 Å². The number of hydrogen-bond donors (Lipinski definition) is 1. The smallest absolute Gasteiger partial charge is 0.416 e. The summed E-state index contributed by atoms with van der Waals surface area (Å²) >= 11 is 0. The fourth-order valence-electron chi connectivity index (χ4n) is 3.30. The Bertz CT molecular complexity index is 1170. The largest absolute Gasteiger partial charge is 0.496 e. The van der Waals surface area contributed by atoms with Gasteiger partial charge in [0, 0.05) is 5.56 Å². The summed E-state index contributed by atoms with van der Waals surface area (Å²) in [5.41, 5.74) is 3.04. The van der Waals surface area contributed by atoms with Crippen LogP contribution in [-0.2, 0) is 28.8 Å². The molecule has 0 spiro atoms. The summed E-state index contributed by atoms with van der Waals surface area (Å²) in [7, 11) is 1.52. The Kier molecular flexibility index (Phi) is 7.37. The summed E-state index contributed by atoms with van der Waals surface area (Å²) in [5, 5.41) is 13.1. The van der Waals surface area contributed by atoms with Crippen molar-refractivity contribution in [2.24, 2.45) is 5.16 Å². The predicted octanol–water partition coefficient (Wildman–Crippen LogP) is 5.95. The Morgan fingerprint density at radius 1 is 0.970 bits per heavy atom. The lowest BCUT2D eigenvalue weighted by Crippen LogP contribution is -2.05. The lowest BCUT2D eigenvalue weighted by Gasteiger charge is -2.12. The third kappa shape index (κ3) is 6.35. The summed E-state index contributed by atoms with van der Waals surface area (Å²) in [6.07, 6.45) is -4.51. The minimum absolute atomic E-state index is 0.0826. The number of carboxylic acid groups (broad SMARTS) is 1. The molecule has 0 aliphatic carbocycles.